The van der Waals surface area contributed by atoms with Crippen LogP contribution in [0.4, 0.5) is 0 Å². The van der Waals surface area contributed by atoms with E-state index in [9.17, 15) is 4.79 Å². The van der Waals surface area contributed by atoms with Crippen LogP contribution < -0.4 is 11.1 Å². The van der Waals surface area contributed by atoms with Crippen LogP contribution in [-0.2, 0) is 4.74 Å². The SMILES string of the molecule is Cc1ccc(C(=O)NCCCOC2CCC(N)CC2)cc1. The van der Waals surface area contributed by atoms with Gasteiger partial charge in [0.25, 0.3) is 5.91 Å². The summed E-state index contributed by atoms with van der Waals surface area (Å²) in [7, 11) is 0. The largest absolute Gasteiger partial charge is 0.378 e. The second kappa shape index (κ2) is 8.15. The van der Waals surface area contributed by atoms with Crippen LogP contribution in [0.3, 0.4) is 0 Å². The third-order valence-corrected chi connectivity index (χ3v) is 3.99. The number of ether oxygens (including phenoxy) is 1. The zero-order valence-corrected chi connectivity index (χ0v) is 12.8. The first-order valence-corrected chi connectivity index (χ1v) is 7.87. The van der Waals surface area contributed by atoms with Crippen molar-refractivity contribution in [2.45, 2.75) is 51.2 Å². The van der Waals surface area contributed by atoms with Crippen molar-refractivity contribution in [1.29, 1.82) is 0 Å². The molecule has 3 N–H and O–H groups in total. The molecule has 0 radical (unpaired) electrons. The highest BCUT2D eigenvalue weighted by molar-refractivity contribution is 5.94. The first kappa shape index (κ1) is 16.0. The topological polar surface area (TPSA) is 64.3 Å². The van der Waals surface area contributed by atoms with Gasteiger partial charge in [0.15, 0.2) is 0 Å². The Morgan fingerprint density at radius 1 is 1.24 bits per heavy atom. The predicted molar refractivity (Wildman–Crippen MR) is 84.3 cm³/mol. The number of carbonyl (C=O) groups is 1. The number of rotatable bonds is 6. The van der Waals surface area contributed by atoms with E-state index in [2.05, 4.69) is 5.32 Å². The Kier molecular flexibility index (Phi) is 6.21. The molecular formula is C17H26N2O2. The third-order valence-electron chi connectivity index (χ3n) is 3.99. The quantitative estimate of drug-likeness (QED) is 0.791. The molecule has 1 aliphatic rings. The fourth-order valence-corrected chi connectivity index (χ4v) is 2.59. The molecule has 0 aromatic heterocycles. The number of hydrogen-bond donors (Lipinski definition) is 2. The number of nitrogens with one attached hydrogen (secondary N) is 1. The molecule has 0 heterocycles. The van der Waals surface area contributed by atoms with E-state index < -0.39 is 0 Å². The van der Waals surface area contributed by atoms with Crippen LogP contribution >= 0.6 is 0 Å². The van der Waals surface area contributed by atoms with Crippen LogP contribution in [-0.4, -0.2) is 31.2 Å². The van der Waals surface area contributed by atoms with E-state index in [1.54, 1.807) is 0 Å². The van der Waals surface area contributed by atoms with Gasteiger partial charge in [-0.15, -0.1) is 0 Å². The lowest BCUT2D eigenvalue weighted by Gasteiger charge is -2.26. The molecule has 0 saturated heterocycles. The maximum atomic E-state index is 11.9. The van der Waals surface area contributed by atoms with Crippen LogP contribution in [0.15, 0.2) is 24.3 Å². The van der Waals surface area contributed by atoms with Crippen molar-refractivity contribution in [3.8, 4) is 0 Å². The van der Waals surface area contributed by atoms with E-state index in [1.807, 2.05) is 31.2 Å². The molecule has 1 saturated carbocycles. The van der Waals surface area contributed by atoms with Gasteiger partial charge >= 0.3 is 0 Å². The van der Waals surface area contributed by atoms with Gasteiger partial charge in [-0.1, -0.05) is 17.7 Å². The highest BCUT2D eigenvalue weighted by Crippen LogP contribution is 2.19. The Labute approximate surface area is 127 Å². The van der Waals surface area contributed by atoms with Gasteiger partial charge in [0.1, 0.15) is 0 Å². The zero-order chi connectivity index (χ0) is 15.1. The summed E-state index contributed by atoms with van der Waals surface area (Å²) in [6.07, 6.45) is 5.47. The predicted octanol–water partition coefficient (Wildman–Crippen LogP) is 2.40. The van der Waals surface area contributed by atoms with E-state index in [1.165, 1.54) is 0 Å². The van der Waals surface area contributed by atoms with Crippen LogP contribution in [0, 0.1) is 6.92 Å². The molecule has 1 aromatic rings. The summed E-state index contributed by atoms with van der Waals surface area (Å²) in [5, 5.41) is 2.92. The second-order valence-corrected chi connectivity index (χ2v) is 5.88. The molecule has 116 valence electrons. The summed E-state index contributed by atoms with van der Waals surface area (Å²) in [6, 6.07) is 7.97. The van der Waals surface area contributed by atoms with Crippen molar-refractivity contribution in [2.24, 2.45) is 5.73 Å². The Morgan fingerprint density at radius 2 is 1.90 bits per heavy atom. The maximum absolute atomic E-state index is 11.9. The highest BCUT2D eigenvalue weighted by Gasteiger charge is 2.18. The Morgan fingerprint density at radius 3 is 2.57 bits per heavy atom. The Hall–Kier alpha value is -1.39. The number of nitrogens with two attached hydrogens (primary N) is 1. The molecule has 1 aromatic carbocycles. The molecule has 0 aliphatic heterocycles. The lowest BCUT2D eigenvalue weighted by Crippen LogP contribution is -2.31. The minimum Gasteiger partial charge on any atom is -0.378 e. The number of benzene rings is 1. The van der Waals surface area contributed by atoms with Gasteiger partial charge in [-0.3, -0.25) is 4.79 Å². The Bertz CT molecular complexity index is 437. The lowest BCUT2D eigenvalue weighted by atomic mass is 9.94. The summed E-state index contributed by atoms with van der Waals surface area (Å²) in [5.74, 6) is -0.0151. The third kappa shape index (κ3) is 5.48. The molecule has 0 atom stereocenters. The van der Waals surface area contributed by atoms with Crippen LogP contribution in [0.25, 0.3) is 0 Å². The van der Waals surface area contributed by atoms with Gasteiger partial charge in [-0.05, 0) is 51.2 Å². The molecule has 1 aliphatic carbocycles. The normalized spacial score (nSPS) is 22.0. The fourth-order valence-electron chi connectivity index (χ4n) is 2.59. The van der Waals surface area contributed by atoms with Crippen molar-refractivity contribution in [3.63, 3.8) is 0 Å². The summed E-state index contributed by atoms with van der Waals surface area (Å²) < 4.78 is 5.83. The molecule has 4 heteroatoms. The van der Waals surface area contributed by atoms with E-state index >= 15 is 0 Å². The fraction of sp³-hybridized carbons (Fsp3) is 0.588. The molecule has 21 heavy (non-hydrogen) atoms. The molecule has 0 spiro atoms. The van der Waals surface area contributed by atoms with Crippen LogP contribution in [0.2, 0.25) is 0 Å². The summed E-state index contributed by atoms with van der Waals surface area (Å²) in [4.78, 5) is 11.9. The van der Waals surface area contributed by atoms with E-state index in [-0.39, 0.29) is 5.91 Å². The number of hydrogen-bond acceptors (Lipinski definition) is 3. The monoisotopic (exact) mass is 290 g/mol. The zero-order valence-electron chi connectivity index (χ0n) is 12.8. The van der Waals surface area contributed by atoms with Crippen molar-refractivity contribution in [3.05, 3.63) is 35.4 Å². The molecule has 4 nitrogen and oxygen atoms in total. The molecular weight excluding hydrogens is 264 g/mol. The van der Waals surface area contributed by atoms with E-state index in [4.69, 9.17) is 10.5 Å². The van der Waals surface area contributed by atoms with Crippen molar-refractivity contribution in [2.75, 3.05) is 13.2 Å². The van der Waals surface area contributed by atoms with Gasteiger partial charge in [0, 0.05) is 24.8 Å². The van der Waals surface area contributed by atoms with Crippen LogP contribution in [0.5, 0.6) is 0 Å². The number of amides is 1. The molecule has 0 bridgehead atoms. The lowest BCUT2D eigenvalue weighted by molar-refractivity contribution is 0.0241. The first-order valence-electron chi connectivity index (χ1n) is 7.87. The summed E-state index contributed by atoms with van der Waals surface area (Å²) in [6.45, 7) is 3.37. The van der Waals surface area contributed by atoms with Crippen molar-refractivity contribution >= 4 is 5.91 Å². The molecule has 1 fully saturated rings. The van der Waals surface area contributed by atoms with Crippen molar-refractivity contribution < 1.29 is 9.53 Å². The smallest absolute Gasteiger partial charge is 0.251 e. The number of aryl methyl sites for hydroxylation is 1. The second-order valence-electron chi connectivity index (χ2n) is 5.88. The van der Waals surface area contributed by atoms with Gasteiger partial charge in [-0.25, -0.2) is 0 Å². The average Bonchev–Trinajstić information content (AvgIpc) is 2.49. The van der Waals surface area contributed by atoms with Gasteiger partial charge < -0.3 is 15.8 Å². The van der Waals surface area contributed by atoms with E-state index in [0.29, 0.717) is 30.9 Å². The van der Waals surface area contributed by atoms with Gasteiger partial charge in [0.2, 0.25) is 0 Å². The Balaban J connectivity index is 1.57. The standard InChI is InChI=1S/C17H26N2O2/c1-13-3-5-14(6-4-13)17(20)19-11-2-12-21-16-9-7-15(18)8-10-16/h3-6,15-16H,2,7-12,18H2,1H3,(H,19,20). The first-order chi connectivity index (χ1) is 10.1. The summed E-state index contributed by atoms with van der Waals surface area (Å²) >= 11 is 0. The van der Waals surface area contributed by atoms with Gasteiger partial charge in [0.05, 0.1) is 6.10 Å². The highest BCUT2D eigenvalue weighted by atomic mass is 16.5. The summed E-state index contributed by atoms with van der Waals surface area (Å²) in [5.41, 5.74) is 7.74. The minimum atomic E-state index is -0.0151. The molecule has 1 amide bonds. The van der Waals surface area contributed by atoms with Crippen molar-refractivity contribution in [1.82, 2.24) is 5.32 Å². The number of carbonyl (C=O) groups excluding carboxylic acids is 1. The average molecular weight is 290 g/mol. The minimum absolute atomic E-state index is 0.0151. The maximum Gasteiger partial charge on any atom is 0.251 e. The van der Waals surface area contributed by atoms with E-state index in [0.717, 1.165) is 37.7 Å². The molecule has 2 rings (SSSR count). The van der Waals surface area contributed by atoms with Crippen LogP contribution in [0.1, 0.15) is 48.0 Å². The van der Waals surface area contributed by atoms with Gasteiger partial charge in [-0.2, -0.15) is 0 Å². The molecule has 0 unspecified atom stereocenters.